The van der Waals surface area contributed by atoms with Crippen molar-refractivity contribution in [2.75, 3.05) is 0 Å². The first-order valence-corrected chi connectivity index (χ1v) is 8.84. The second kappa shape index (κ2) is 6.13. The number of aromatic nitrogens is 2. The zero-order chi connectivity index (χ0) is 17.3. The lowest BCUT2D eigenvalue weighted by atomic mass is 10.2. The number of fused-ring (bicyclic) bond motifs is 1. The lowest BCUT2D eigenvalue weighted by molar-refractivity contribution is 0.207. The standard InChI is InChI=1S/C14H10FN3O4S2/c1-8-2-4-10(5-3-8)24(20,21)17-14(19)22-12-7-9(15)6-11-13(12)23-18-16-11/h2-7H,1H3,(H,17,19). The van der Waals surface area contributed by atoms with Crippen LogP contribution in [0.25, 0.3) is 10.2 Å². The molecule has 0 aliphatic carbocycles. The van der Waals surface area contributed by atoms with E-state index in [9.17, 15) is 17.6 Å². The van der Waals surface area contributed by atoms with Gasteiger partial charge in [0, 0.05) is 12.1 Å². The predicted molar refractivity (Wildman–Crippen MR) is 84.9 cm³/mol. The number of halogens is 1. The molecule has 24 heavy (non-hydrogen) atoms. The van der Waals surface area contributed by atoms with Crippen molar-refractivity contribution in [2.45, 2.75) is 11.8 Å². The molecule has 3 rings (SSSR count). The number of ether oxygens (including phenoxy) is 1. The number of aryl methyl sites for hydroxylation is 1. The van der Waals surface area contributed by atoms with Gasteiger partial charge in [-0.25, -0.2) is 22.3 Å². The Morgan fingerprint density at radius 1 is 1.25 bits per heavy atom. The summed E-state index contributed by atoms with van der Waals surface area (Å²) in [6.45, 7) is 1.80. The summed E-state index contributed by atoms with van der Waals surface area (Å²) in [7, 11) is -4.09. The van der Waals surface area contributed by atoms with Gasteiger partial charge in [-0.05, 0) is 30.6 Å². The van der Waals surface area contributed by atoms with Crippen LogP contribution in [0, 0.1) is 12.7 Å². The minimum atomic E-state index is -4.09. The first kappa shape index (κ1) is 16.3. The molecule has 1 heterocycles. The average molecular weight is 367 g/mol. The number of carbonyl (C=O) groups excluding carboxylic acids is 1. The number of hydrogen-bond acceptors (Lipinski definition) is 7. The van der Waals surface area contributed by atoms with Crippen LogP contribution in [0.1, 0.15) is 5.56 Å². The van der Waals surface area contributed by atoms with E-state index >= 15 is 0 Å². The van der Waals surface area contributed by atoms with Crippen molar-refractivity contribution >= 4 is 37.9 Å². The molecule has 10 heteroatoms. The van der Waals surface area contributed by atoms with Crippen molar-refractivity contribution in [2.24, 2.45) is 0 Å². The van der Waals surface area contributed by atoms with Crippen LogP contribution in [0.2, 0.25) is 0 Å². The van der Waals surface area contributed by atoms with E-state index in [0.717, 1.165) is 29.2 Å². The van der Waals surface area contributed by atoms with Gasteiger partial charge in [0.15, 0.2) is 5.75 Å². The molecule has 7 nitrogen and oxygen atoms in total. The van der Waals surface area contributed by atoms with Gasteiger partial charge in [0.25, 0.3) is 10.0 Å². The largest absolute Gasteiger partial charge is 0.426 e. The van der Waals surface area contributed by atoms with Gasteiger partial charge in [0.1, 0.15) is 16.0 Å². The summed E-state index contributed by atoms with van der Waals surface area (Å²) in [5.41, 5.74) is 1.08. The Bertz CT molecular complexity index is 1020. The van der Waals surface area contributed by atoms with Crippen LogP contribution in [-0.2, 0) is 10.0 Å². The normalized spacial score (nSPS) is 11.4. The molecule has 0 unspecified atom stereocenters. The maximum absolute atomic E-state index is 13.5. The van der Waals surface area contributed by atoms with Gasteiger partial charge < -0.3 is 4.74 Å². The summed E-state index contributed by atoms with van der Waals surface area (Å²) >= 11 is 0.898. The average Bonchev–Trinajstić information content (AvgIpc) is 2.95. The fourth-order valence-electron chi connectivity index (χ4n) is 1.91. The van der Waals surface area contributed by atoms with Crippen molar-refractivity contribution in [1.29, 1.82) is 0 Å². The molecule has 0 fully saturated rings. The Morgan fingerprint density at radius 3 is 2.67 bits per heavy atom. The predicted octanol–water partition coefficient (Wildman–Crippen LogP) is 2.62. The van der Waals surface area contributed by atoms with Crippen molar-refractivity contribution in [1.82, 2.24) is 14.3 Å². The van der Waals surface area contributed by atoms with Gasteiger partial charge in [-0.3, -0.25) is 0 Å². The lowest BCUT2D eigenvalue weighted by Gasteiger charge is -2.08. The zero-order valence-electron chi connectivity index (χ0n) is 12.2. The minimum absolute atomic E-state index is 0.0890. The van der Waals surface area contributed by atoms with Gasteiger partial charge in [0.05, 0.1) is 4.90 Å². The first-order valence-electron chi connectivity index (χ1n) is 6.58. The lowest BCUT2D eigenvalue weighted by Crippen LogP contribution is -2.33. The smallest absolute Gasteiger partial charge is 0.408 e. The number of amides is 1. The summed E-state index contributed by atoms with van der Waals surface area (Å²) in [5, 5.41) is 3.68. The summed E-state index contributed by atoms with van der Waals surface area (Å²) < 4.78 is 48.4. The van der Waals surface area contributed by atoms with E-state index in [2.05, 4.69) is 9.59 Å². The molecule has 0 saturated carbocycles. The summed E-state index contributed by atoms with van der Waals surface area (Å²) in [4.78, 5) is 11.8. The molecule has 0 saturated heterocycles. The van der Waals surface area contributed by atoms with Crippen LogP contribution < -0.4 is 9.46 Å². The third-order valence-electron chi connectivity index (χ3n) is 3.03. The highest BCUT2D eigenvalue weighted by Crippen LogP contribution is 2.28. The molecule has 0 spiro atoms. The summed E-state index contributed by atoms with van der Waals surface area (Å²) in [5.74, 6) is -0.837. The fraction of sp³-hybridized carbons (Fsp3) is 0.0714. The van der Waals surface area contributed by atoms with Crippen molar-refractivity contribution in [3.8, 4) is 5.75 Å². The maximum Gasteiger partial charge on any atom is 0.426 e. The van der Waals surface area contributed by atoms with E-state index in [-0.39, 0.29) is 16.2 Å². The number of sulfonamides is 1. The Labute approximate surface area is 140 Å². The monoisotopic (exact) mass is 367 g/mol. The number of hydrogen-bond donors (Lipinski definition) is 1. The Hall–Kier alpha value is -2.59. The SMILES string of the molecule is Cc1ccc(S(=O)(=O)NC(=O)Oc2cc(F)cc3nnsc23)cc1. The Morgan fingerprint density at radius 2 is 1.96 bits per heavy atom. The van der Waals surface area contributed by atoms with Crippen molar-refractivity contribution in [3.63, 3.8) is 0 Å². The van der Waals surface area contributed by atoms with Gasteiger partial charge in [-0.15, -0.1) is 5.10 Å². The number of rotatable bonds is 3. The third-order valence-corrected chi connectivity index (χ3v) is 5.12. The second-order valence-electron chi connectivity index (χ2n) is 4.83. The van der Waals surface area contributed by atoms with Crippen LogP contribution in [0.15, 0.2) is 41.3 Å². The highest BCUT2D eigenvalue weighted by molar-refractivity contribution is 7.90. The van der Waals surface area contributed by atoms with Crippen LogP contribution in [0.3, 0.4) is 0 Å². The summed E-state index contributed by atoms with van der Waals surface area (Å²) in [6.07, 6.45) is -1.25. The topological polar surface area (TPSA) is 98.2 Å². The molecule has 1 amide bonds. The van der Waals surface area contributed by atoms with E-state index < -0.39 is 21.9 Å². The molecule has 0 aliphatic heterocycles. The molecule has 0 atom stereocenters. The highest BCUT2D eigenvalue weighted by Gasteiger charge is 2.20. The molecule has 0 radical (unpaired) electrons. The molecule has 1 aromatic heterocycles. The van der Waals surface area contributed by atoms with Crippen molar-refractivity contribution in [3.05, 3.63) is 47.8 Å². The fourth-order valence-corrected chi connectivity index (χ4v) is 3.38. The molecular weight excluding hydrogens is 357 g/mol. The van der Waals surface area contributed by atoms with E-state index in [1.165, 1.54) is 12.1 Å². The van der Waals surface area contributed by atoms with E-state index in [4.69, 9.17) is 4.74 Å². The second-order valence-corrected chi connectivity index (χ2v) is 7.27. The van der Waals surface area contributed by atoms with Crippen LogP contribution in [0.4, 0.5) is 9.18 Å². The van der Waals surface area contributed by atoms with Crippen molar-refractivity contribution < 1.29 is 22.3 Å². The van der Waals surface area contributed by atoms with E-state index in [0.29, 0.717) is 4.70 Å². The minimum Gasteiger partial charge on any atom is -0.408 e. The number of nitrogens with one attached hydrogen (secondary N) is 1. The number of nitrogens with zero attached hydrogens (tertiary/aromatic N) is 2. The third kappa shape index (κ3) is 3.34. The van der Waals surface area contributed by atoms with Gasteiger partial charge in [-0.2, -0.15) is 0 Å². The molecule has 1 N–H and O–H groups in total. The molecular formula is C14H10FN3O4S2. The summed E-state index contributed by atoms with van der Waals surface area (Å²) in [6, 6.07) is 8.00. The van der Waals surface area contributed by atoms with Crippen LogP contribution in [0.5, 0.6) is 5.75 Å². The highest BCUT2D eigenvalue weighted by atomic mass is 32.2. The molecule has 2 aromatic carbocycles. The molecule has 3 aromatic rings. The number of carbonyl (C=O) groups is 1. The van der Waals surface area contributed by atoms with Gasteiger partial charge >= 0.3 is 6.09 Å². The van der Waals surface area contributed by atoms with Crippen LogP contribution in [-0.4, -0.2) is 24.1 Å². The van der Waals surface area contributed by atoms with E-state index in [1.807, 2.05) is 0 Å². The van der Waals surface area contributed by atoms with Gasteiger partial charge in [0.2, 0.25) is 0 Å². The Balaban J connectivity index is 1.82. The zero-order valence-corrected chi connectivity index (χ0v) is 13.8. The first-order chi connectivity index (χ1) is 11.3. The molecule has 124 valence electrons. The number of benzene rings is 2. The van der Waals surface area contributed by atoms with E-state index in [1.54, 1.807) is 23.8 Å². The quantitative estimate of drug-likeness (QED) is 0.764. The molecule has 0 aliphatic rings. The van der Waals surface area contributed by atoms with Gasteiger partial charge in [-0.1, -0.05) is 22.2 Å². The Kier molecular flexibility index (Phi) is 4.16. The van der Waals surface area contributed by atoms with Crippen LogP contribution >= 0.6 is 11.5 Å². The maximum atomic E-state index is 13.5. The molecule has 0 bridgehead atoms.